The minimum Gasteiger partial charge on any atom is -0.456 e. The topological polar surface area (TPSA) is 109 Å². The van der Waals surface area contributed by atoms with Crippen molar-refractivity contribution in [2.45, 2.75) is 50.2 Å². The van der Waals surface area contributed by atoms with E-state index in [1.54, 1.807) is 25.7 Å². The van der Waals surface area contributed by atoms with Gasteiger partial charge in [0.1, 0.15) is 22.0 Å². The monoisotopic (exact) mass is 525 g/mol. The summed E-state index contributed by atoms with van der Waals surface area (Å²) in [6.07, 6.45) is 0.402. The van der Waals surface area contributed by atoms with Crippen LogP contribution in [0.3, 0.4) is 0 Å². The Hall–Kier alpha value is -2.51. The van der Waals surface area contributed by atoms with E-state index in [1.165, 1.54) is 36.4 Å². The SMILES string of the molecule is CC(C)(C)OC(=O)N1CCC(NS(=O)(=O)c2cc(C#N)ccc2Oc2cc(Cl)cc(Cl)c2)CC1. The van der Waals surface area contributed by atoms with Gasteiger partial charge in [-0.2, -0.15) is 5.26 Å². The predicted octanol–water partition coefficient (Wildman–Crippen LogP) is 5.34. The second-order valence-electron chi connectivity index (χ2n) is 8.84. The lowest BCUT2D eigenvalue weighted by Crippen LogP contribution is -2.47. The molecule has 0 radical (unpaired) electrons. The van der Waals surface area contributed by atoms with Gasteiger partial charge in [0.15, 0.2) is 0 Å². The summed E-state index contributed by atoms with van der Waals surface area (Å²) in [6, 6.07) is 10.2. The van der Waals surface area contributed by atoms with Crippen LogP contribution in [0.2, 0.25) is 10.0 Å². The molecule has 1 aliphatic rings. The number of likely N-dealkylation sites (tertiary alicyclic amines) is 1. The molecule has 1 heterocycles. The highest BCUT2D eigenvalue weighted by molar-refractivity contribution is 7.89. The average Bonchev–Trinajstić information content (AvgIpc) is 2.72. The second kappa shape index (κ2) is 10.4. The van der Waals surface area contributed by atoms with Crippen LogP contribution < -0.4 is 9.46 Å². The lowest BCUT2D eigenvalue weighted by molar-refractivity contribution is 0.0203. The number of piperidine rings is 1. The number of ether oxygens (including phenoxy) is 2. The standard InChI is InChI=1S/C23H25Cl2N3O5S/c1-23(2,3)33-22(29)28-8-6-18(7-9-28)27-34(30,31)21-10-15(14-26)4-5-20(21)32-19-12-16(24)11-17(25)13-19/h4-5,10-13,18,27H,6-9H2,1-3H3. The van der Waals surface area contributed by atoms with Gasteiger partial charge in [0.25, 0.3) is 0 Å². The van der Waals surface area contributed by atoms with E-state index in [0.29, 0.717) is 36.0 Å². The molecule has 0 atom stereocenters. The summed E-state index contributed by atoms with van der Waals surface area (Å²) in [5.74, 6) is 0.278. The maximum Gasteiger partial charge on any atom is 0.410 e. The van der Waals surface area contributed by atoms with Crippen molar-refractivity contribution in [2.75, 3.05) is 13.1 Å². The van der Waals surface area contributed by atoms with E-state index in [2.05, 4.69) is 4.72 Å². The number of hydrogen-bond donors (Lipinski definition) is 1. The van der Waals surface area contributed by atoms with Crippen LogP contribution in [0.5, 0.6) is 11.5 Å². The Balaban J connectivity index is 1.77. The minimum atomic E-state index is -4.06. The highest BCUT2D eigenvalue weighted by Gasteiger charge is 2.30. The Bertz CT molecular complexity index is 1190. The normalized spacial score (nSPS) is 15.0. The van der Waals surface area contributed by atoms with Crippen LogP contribution in [0.1, 0.15) is 39.2 Å². The van der Waals surface area contributed by atoms with Crippen LogP contribution >= 0.6 is 23.2 Å². The van der Waals surface area contributed by atoms with Crippen LogP contribution in [0.15, 0.2) is 41.3 Å². The average molecular weight is 526 g/mol. The molecular weight excluding hydrogens is 501 g/mol. The minimum absolute atomic E-state index is 0.0241. The molecule has 34 heavy (non-hydrogen) atoms. The van der Waals surface area contributed by atoms with E-state index < -0.39 is 27.8 Å². The molecule has 3 rings (SSSR count). The van der Waals surface area contributed by atoms with Gasteiger partial charge >= 0.3 is 6.09 Å². The maximum absolute atomic E-state index is 13.3. The zero-order chi connectivity index (χ0) is 25.1. The van der Waals surface area contributed by atoms with Gasteiger partial charge in [-0.1, -0.05) is 23.2 Å². The van der Waals surface area contributed by atoms with Crippen LogP contribution in [0.25, 0.3) is 0 Å². The molecular formula is C23H25Cl2N3O5S. The third-order valence-electron chi connectivity index (χ3n) is 4.89. The van der Waals surface area contributed by atoms with Crippen molar-refractivity contribution in [1.29, 1.82) is 5.26 Å². The smallest absolute Gasteiger partial charge is 0.410 e. The molecule has 0 aromatic heterocycles. The van der Waals surface area contributed by atoms with Crippen molar-refractivity contribution in [3.8, 4) is 17.6 Å². The van der Waals surface area contributed by atoms with Gasteiger partial charge in [0.2, 0.25) is 10.0 Å². The van der Waals surface area contributed by atoms with Gasteiger partial charge < -0.3 is 14.4 Å². The predicted molar refractivity (Wildman–Crippen MR) is 129 cm³/mol. The molecule has 1 N–H and O–H groups in total. The summed E-state index contributed by atoms with van der Waals surface area (Å²) >= 11 is 12.0. The highest BCUT2D eigenvalue weighted by atomic mass is 35.5. The number of rotatable bonds is 5. The number of hydrogen-bond acceptors (Lipinski definition) is 6. The van der Waals surface area contributed by atoms with Crippen LogP contribution in [-0.4, -0.2) is 44.1 Å². The van der Waals surface area contributed by atoms with Gasteiger partial charge in [-0.3, -0.25) is 0 Å². The maximum atomic E-state index is 13.3. The molecule has 8 nitrogen and oxygen atoms in total. The van der Waals surface area contributed by atoms with E-state index in [4.69, 9.17) is 32.7 Å². The van der Waals surface area contributed by atoms with Crippen molar-refractivity contribution >= 4 is 39.3 Å². The van der Waals surface area contributed by atoms with E-state index in [9.17, 15) is 18.5 Å². The molecule has 1 saturated heterocycles. The van der Waals surface area contributed by atoms with Crippen molar-refractivity contribution in [1.82, 2.24) is 9.62 Å². The highest BCUT2D eigenvalue weighted by Crippen LogP contribution is 2.33. The van der Waals surface area contributed by atoms with Crippen molar-refractivity contribution < 1.29 is 22.7 Å². The lowest BCUT2D eigenvalue weighted by Gasteiger charge is -2.33. The Morgan fingerprint density at radius 2 is 1.74 bits per heavy atom. The molecule has 1 aliphatic heterocycles. The fourth-order valence-corrected chi connectivity index (χ4v) is 5.34. The van der Waals surface area contributed by atoms with Crippen LogP contribution in [0.4, 0.5) is 4.79 Å². The van der Waals surface area contributed by atoms with Gasteiger partial charge in [-0.15, -0.1) is 0 Å². The van der Waals surface area contributed by atoms with Crippen LogP contribution in [-0.2, 0) is 14.8 Å². The van der Waals surface area contributed by atoms with Gasteiger partial charge in [-0.25, -0.2) is 17.9 Å². The number of amides is 1. The molecule has 0 spiro atoms. The molecule has 2 aromatic rings. The molecule has 0 aliphatic carbocycles. The Kier molecular flexibility index (Phi) is 7.98. The molecule has 2 aromatic carbocycles. The van der Waals surface area contributed by atoms with Crippen LogP contribution in [0, 0.1) is 11.3 Å². The van der Waals surface area contributed by atoms with Crippen molar-refractivity contribution in [2.24, 2.45) is 0 Å². The first-order valence-electron chi connectivity index (χ1n) is 10.5. The fraction of sp³-hybridized carbons (Fsp3) is 0.391. The molecule has 182 valence electrons. The van der Waals surface area contributed by atoms with E-state index in [1.807, 2.05) is 6.07 Å². The third kappa shape index (κ3) is 7.00. The number of carbonyl (C=O) groups is 1. The van der Waals surface area contributed by atoms with Crippen molar-refractivity contribution in [3.63, 3.8) is 0 Å². The molecule has 0 saturated carbocycles. The number of nitrogens with one attached hydrogen (secondary N) is 1. The first kappa shape index (κ1) is 26.1. The number of benzene rings is 2. The summed E-state index contributed by atoms with van der Waals surface area (Å²) in [7, 11) is -4.06. The quantitative estimate of drug-likeness (QED) is 0.564. The molecule has 0 unspecified atom stereocenters. The third-order valence-corrected chi connectivity index (χ3v) is 6.87. The van der Waals surface area contributed by atoms with Gasteiger partial charge in [0.05, 0.1) is 11.6 Å². The molecule has 11 heteroatoms. The summed E-state index contributed by atoms with van der Waals surface area (Å²) in [5.41, 5.74) is -0.443. The largest absolute Gasteiger partial charge is 0.456 e. The number of carbonyl (C=O) groups excluding carboxylic acids is 1. The number of halogens is 2. The zero-order valence-corrected chi connectivity index (χ0v) is 21.3. The molecule has 0 bridgehead atoms. The van der Waals surface area contributed by atoms with E-state index in [-0.39, 0.29) is 22.0 Å². The fourth-order valence-electron chi connectivity index (χ4n) is 3.38. The molecule has 1 amide bonds. The summed E-state index contributed by atoms with van der Waals surface area (Å²) in [5, 5.41) is 9.93. The molecule has 1 fully saturated rings. The Morgan fingerprint density at radius 3 is 2.29 bits per heavy atom. The van der Waals surface area contributed by atoms with E-state index in [0.717, 1.165) is 0 Å². The first-order valence-corrected chi connectivity index (χ1v) is 12.8. The number of nitrogens with zero attached hydrogens (tertiary/aromatic N) is 2. The summed E-state index contributed by atoms with van der Waals surface area (Å²) in [4.78, 5) is 13.6. The van der Waals surface area contributed by atoms with Gasteiger partial charge in [0, 0.05) is 29.2 Å². The summed E-state index contributed by atoms with van der Waals surface area (Å²) < 4.78 is 40.3. The Morgan fingerprint density at radius 1 is 1.12 bits per heavy atom. The van der Waals surface area contributed by atoms with E-state index >= 15 is 0 Å². The zero-order valence-electron chi connectivity index (χ0n) is 19.0. The van der Waals surface area contributed by atoms with Gasteiger partial charge in [-0.05, 0) is 70.0 Å². The number of nitriles is 1. The number of sulfonamides is 1. The Labute approximate surface area is 209 Å². The second-order valence-corrected chi connectivity index (χ2v) is 11.4. The first-order chi connectivity index (χ1) is 15.9. The lowest BCUT2D eigenvalue weighted by atomic mass is 10.1. The van der Waals surface area contributed by atoms with Crippen molar-refractivity contribution in [3.05, 3.63) is 52.0 Å². The summed E-state index contributed by atoms with van der Waals surface area (Å²) in [6.45, 7) is 6.07.